The zero-order valence-corrected chi connectivity index (χ0v) is 10.8. The van der Waals surface area contributed by atoms with E-state index in [1.165, 1.54) is 25.7 Å². The van der Waals surface area contributed by atoms with Gasteiger partial charge in [0.2, 0.25) is 11.5 Å². The minimum absolute atomic E-state index is 0.519. The summed E-state index contributed by atoms with van der Waals surface area (Å²) in [5.74, 6) is 1.67. The number of nitrogens with two attached hydrogens (primary N) is 1. The maximum absolute atomic E-state index is 5.85. The highest BCUT2D eigenvalue weighted by atomic mass is 16.5. The smallest absolute Gasteiger partial charge is 0.237 e. The van der Waals surface area contributed by atoms with Crippen molar-refractivity contribution in [1.82, 2.24) is 25.0 Å². The van der Waals surface area contributed by atoms with Gasteiger partial charge >= 0.3 is 0 Å². The van der Waals surface area contributed by atoms with Crippen LogP contribution < -0.4 is 10.5 Å². The molecule has 0 amide bonds. The largest absolute Gasteiger partial charge is 0.476 e. The van der Waals surface area contributed by atoms with Gasteiger partial charge in [-0.2, -0.15) is 4.52 Å². The number of hydrogen-bond donors (Lipinski definition) is 1. The molecule has 1 fully saturated rings. The Morgan fingerprint density at radius 1 is 1.26 bits per heavy atom. The molecule has 1 saturated carbocycles. The molecule has 1 aliphatic rings. The van der Waals surface area contributed by atoms with Gasteiger partial charge in [-0.05, 0) is 41.6 Å². The molecule has 0 saturated heterocycles. The average molecular weight is 262 g/mol. The quantitative estimate of drug-likeness (QED) is 0.870. The molecule has 1 aliphatic carbocycles. The van der Waals surface area contributed by atoms with E-state index in [4.69, 9.17) is 10.5 Å². The molecule has 2 unspecified atom stereocenters. The fraction of sp³-hybridized carbons (Fsp3) is 0.667. The Hall–Kier alpha value is -1.76. The van der Waals surface area contributed by atoms with Crippen LogP contribution in [0.3, 0.4) is 0 Å². The minimum atomic E-state index is 0.519. The van der Waals surface area contributed by atoms with E-state index < -0.39 is 0 Å². The maximum Gasteiger partial charge on any atom is 0.237 e. The van der Waals surface area contributed by atoms with Crippen LogP contribution in [-0.2, 0) is 0 Å². The number of nitrogens with zero attached hydrogens (tertiary/aromatic N) is 5. The van der Waals surface area contributed by atoms with E-state index in [9.17, 15) is 0 Å². The van der Waals surface area contributed by atoms with Crippen LogP contribution in [0.2, 0.25) is 0 Å². The van der Waals surface area contributed by atoms with E-state index >= 15 is 0 Å². The molecule has 0 radical (unpaired) electrons. The molecule has 7 nitrogen and oxygen atoms in total. The third-order valence-electron chi connectivity index (χ3n) is 3.89. The van der Waals surface area contributed by atoms with Crippen LogP contribution in [0.4, 0.5) is 0 Å². The van der Waals surface area contributed by atoms with Gasteiger partial charge in [0.15, 0.2) is 0 Å². The number of tetrazole rings is 1. The predicted octanol–water partition coefficient (Wildman–Crippen LogP) is 0.663. The highest BCUT2D eigenvalue weighted by molar-refractivity contribution is 5.34. The SMILES string of the molecule is NCC1CCCCC1COc1cncc2nnnn12. The molecule has 0 spiro atoms. The molecule has 102 valence electrons. The lowest BCUT2D eigenvalue weighted by molar-refractivity contribution is 0.147. The molecule has 0 aliphatic heterocycles. The fourth-order valence-corrected chi connectivity index (χ4v) is 2.76. The summed E-state index contributed by atoms with van der Waals surface area (Å²) in [7, 11) is 0. The first-order chi connectivity index (χ1) is 9.38. The fourth-order valence-electron chi connectivity index (χ4n) is 2.76. The molecule has 2 aromatic heterocycles. The number of fused-ring (bicyclic) bond motifs is 1. The van der Waals surface area contributed by atoms with Crippen LogP contribution in [0.15, 0.2) is 12.4 Å². The summed E-state index contributed by atoms with van der Waals surface area (Å²) >= 11 is 0. The molecular weight excluding hydrogens is 244 g/mol. The molecule has 19 heavy (non-hydrogen) atoms. The minimum Gasteiger partial charge on any atom is -0.476 e. The van der Waals surface area contributed by atoms with Crippen molar-refractivity contribution in [2.45, 2.75) is 25.7 Å². The van der Waals surface area contributed by atoms with Gasteiger partial charge in [0.25, 0.3) is 0 Å². The van der Waals surface area contributed by atoms with Gasteiger partial charge in [0.05, 0.1) is 19.0 Å². The summed E-state index contributed by atoms with van der Waals surface area (Å²) < 4.78 is 7.41. The van der Waals surface area contributed by atoms with Gasteiger partial charge in [0, 0.05) is 0 Å². The highest BCUT2D eigenvalue weighted by Crippen LogP contribution is 2.29. The van der Waals surface area contributed by atoms with Crippen LogP contribution in [0.25, 0.3) is 5.65 Å². The van der Waals surface area contributed by atoms with Crippen LogP contribution in [0, 0.1) is 11.8 Å². The zero-order valence-electron chi connectivity index (χ0n) is 10.8. The molecule has 2 aromatic rings. The summed E-state index contributed by atoms with van der Waals surface area (Å²) in [6.45, 7) is 1.39. The monoisotopic (exact) mass is 262 g/mol. The lowest BCUT2D eigenvalue weighted by atomic mass is 9.80. The lowest BCUT2D eigenvalue weighted by Gasteiger charge is -2.30. The Morgan fingerprint density at radius 2 is 2.11 bits per heavy atom. The third-order valence-corrected chi connectivity index (χ3v) is 3.89. The van der Waals surface area contributed by atoms with E-state index in [0.29, 0.717) is 30.0 Å². The van der Waals surface area contributed by atoms with Crippen LogP contribution >= 0.6 is 0 Å². The highest BCUT2D eigenvalue weighted by Gasteiger charge is 2.24. The van der Waals surface area contributed by atoms with Crippen molar-refractivity contribution >= 4 is 5.65 Å². The van der Waals surface area contributed by atoms with Crippen molar-refractivity contribution in [2.75, 3.05) is 13.2 Å². The normalized spacial score (nSPS) is 23.6. The first-order valence-electron chi connectivity index (χ1n) is 6.73. The maximum atomic E-state index is 5.85. The van der Waals surface area contributed by atoms with E-state index in [1.807, 2.05) is 0 Å². The molecule has 0 bridgehead atoms. The first kappa shape index (κ1) is 12.3. The second kappa shape index (κ2) is 5.48. The molecule has 2 heterocycles. The van der Waals surface area contributed by atoms with E-state index in [2.05, 4.69) is 20.5 Å². The Bertz CT molecular complexity index is 542. The van der Waals surface area contributed by atoms with E-state index in [-0.39, 0.29) is 0 Å². The summed E-state index contributed by atoms with van der Waals surface area (Å²) in [6.07, 6.45) is 8.18. The number of ether oxygens (including phenoxy) is 1. The van der Waals surface area contributed by atoms with Crippen molar-refractivity contribution in [3.8, 4) is 5.88 Å². The summed E-state index contributed by atoms with van der Waals surface area (Å²) in [5.41, 5.74) is 6.43. The van der Waals surface area contributed by atoms with Gasteiger partial charge in [-0.1, -0.05) is 12.8 Å². The van der Waals surface area contributed by atoms with Gasteiger partial charge in [0.1, 0.15) is 0 Å². The van der Waals surface area contributed by atoms with Gasteiger partial charge in [-0.15, -0.1) is 5.10 Å². The average Bonchev–Trinajstić information content (AvgIpc) is 2.94. The molecular formula is C12H18N6O. The Labute approximate surface area is 111 Å². The van der Waals surface area contributed by atoms with Crippen LogP contribution in [0.1, 0.15) is 25.7 Å². The van der Waals surface area contributed by atoms with Crippen molar-refractivity contribution in [1.29, 1.82) is 0 Å². The molecule has 0 aromatic carbocycles. The number of hydrogen-bond acceptors (Lipinski definition) is 6. The zero-order chi connectivity index (χ0) is 13.1. The lowest BCUT2D eigenvalue weighted by Crippen LogP contribution is -2.31. The molecule has 2 atom stereocenters. The third kappa shape index (κ3) is 2.51. The van der Waals surface area contributed by atoms with Gasteiger partial charge in [-0.25, -0.2) is 0 Å². The number of aromatic nitrogens is 5. The second-order valence-corrected chi connectivity index (χ2v) is 5.05. The topological polar surface area (TPSA) is 91.2 Å². The summed E-state index contributed by atoms with van der Waals surface area (Å²) in [4.78, 5) is 4.07. The first-order valence-corrected chi connectivity index (χ1v) is 6.73. The molecule has 7 heteroatoms. The Balaban J connectivity index is 1.69. The van der Waals surface area contributed by atoms with Crippen LogP contribution in [-0.4, -0.2) is 38.2 Å². The summed E-state index contributed by atoms with van der Waals surface area (Å²) in [5, 5.41) is 11.3. The Kier molecular flexibility index (Phi) is 3.54. The van der Waals surface area contributed by atoms with Crippen molar-refractivity contribution in [2.24, 2.45) is 17.6 Å². The van der Waals surface area contributed by atoms with E-state index in [0.717, 1.165) is 6.54 Å². The van der Waals surface area contributed by atoms with Crippen molar-refractivity contribution in [3.05, 3.63) is 12.4 Å². The van der Waals surface area contributed by atoms with Crippen molar-refractivity contribution in [3.63, 3.8) is 0 Å². The molecule has 3 rings (SSSR count). The number of rotatable bonds is 4. The van der Waals surface area contributed by atoms with Crippen LogP contribution in [0.5, 0.6) is 5.88 Å². The second-order valence-electron chi connectivity index (χ2n) is 5.05. The summed E-state index contributed by atoms with van der Waals surface area (Å²) in [6, 6.07) is 0. The Morgan fingerprint density at radius 3 is 2.95 bits per heavy atom. The van der Waals surface area contributed by atoms with Crippen molar-refractivity contribution < 1.29 is 4.74 Å². The van der Waals surface area contributed by atoms with Gasteiger partial charge < -0.3 is 10.5 Å². The van der Waals surface area contributed by atoms with E-state index in [1.54, 1.807) is 16.9 Å². The molecule has 2 N–H and O–H groups in total. The standard InChI is InChI=1S/C12H18N6O/c13-5-9-3-1-2-4-10(9)8-19-12-7-14-6-11-15-16-17-18(11)12/h6-7,9-10H,1-5,8,13H2. The van der Waals surface area contributed by atoms with Gasteiger partial charge in [-0.3, -0.25) is 4.98 Å². The predicted molar refractivity (Wildman–Crippen MR) is 68.6 cm³/mol.